The van der Waals surface area contributed by atoms with Crippen LogP contribution in [0.5, 0.6) is 0 Å². The highest BCUT2D eigenvalue weighted by Gasteiger charge is 2.15. The third kappa shape index (κ3) is 5.70. The van der Waals surface area contributed by atoms with Gasteiger partial charge in [-0.3, -0.25) is 4.79 Å². The summed E-state index contributed by atoms with van der Waals surface area (Å²) in [7, 11) is 0. The molecule has 1 aliphatic heterocycles. The van der Waals surface area contributed by atoms with E-state index in [1.165, 1.54) is 0 Å². The van der Waals surface area contributed by atoms with Gasteiger partial charge in [0.15, 0.2) is 12.4 Å². The number of aryl methyl sites for hydroxylation is 1. The zero-order valence-electron chi connectivity index (χ0n) is 11.2. The van der Waals surface area contributed by atoms with Gasteiger partial charge in [-0.2, -0.15) is 0 Å². The molecule has 1 aromatic rings. The highest BCUT2D eigenvalue weighted by Crippen LogP contribution is 2.02. The van der Waals surface area contributed by atoms with Crippen molar-refractivity contribution in [3.05, 3.63) is 30.6 Å². The van der Waals surface area contributed by atoms with E-state index in [1.54, 1.807) is 0 Å². The maximum Gasteiger partial charge on any atom is 0.222 e. The summed E-state index contributed by atoms with van der Waals surface area (Å²) in [5, 5.41) is 3.26. The largest absolute Gasteiger partial charge is 1.00 e. The predicted octanol–water partition coefficient (Wildman–Crippen LogP) is -2.42. The van der Waals surface area contributed by atoms with E-state index in [0.717, 1.165) is 45.6 Å². The second kappa shape index (κ2) is 9.04. The van der Waals surface area contributed by atoms with Crippen molar-refractivity contribution in [2.24, 2.45) is 0 Å². The molecule has 5 heteroatoms. The van der Waals surface area contributed by atoms with Gasteiger partial charge in [0.25, 0.3) is 0 Å². The zero-order valence-corrected chi connectivity index (χ0v) is 12.8. The van der Waals surface area contributed by atoms with E-state index < -0.39 is 0 Å². The number of carbonyl (C=O) groups excluding carboxylic acids is 1. The van der Waals surface area contributed by atoms with E-state index in [9.17, 15) is 4.79 Å². The van der Waals surface area contributed by atoms with Crippen molar-refractivity contribution in [1.82, 2.24) is 10.2 Å². The molecule has 2 rings (SSSR count). The van der Waals surface area contributed by atoms with Gasteiger partial charge in [0.1, 0.15) is 6.54 Å². The first-order valence-corrected chi connectivity index (χ1v) is 6.79. The number of carbonyl (C=O) groups is 1. The van der Waals surface area contributed by atoms with Gasteiger partial charge in [0.05, 0.1) is 0 Å². The van der Waals surface area contributed by atoms with Crippen LogP contribution in [0, 0.1) is 0 Å². The van der Waals surface area contributed by atoms with Crippen molar-refractivity contribution in [3.8, 4) is 0 Å². The van der Waals surface area contributed by atoms with E-state index in [1.807, 2.05) is 23.1 Å². The smallest absolute Gasteiger partial charge is 0.222 e. The average Bonchev–Trinajstić information content (AvgIpc) is 2.45. The van der Waals surface area contributed by atoms with Crippen LogP contribution in [-0.4, -0.2) is 37.0 Å². The number of unbranched alkanes of at least 4 members (excludes halogenated alkanes) is 1. The van der Waals surface area contributed by atoms with Crippen LogP contribution in [0.2, 0.25) is 0 Å². The molecular weight excluding hydrogens is 306 g/mol. The van der Waals surface area contributed by atoms with E-state index >= 15 is 0 Å². The van der Waals surface area contributed by atoms with Gasteiger partial charge in [0.2, 0.25) is 5.91 Å². The molecule has 0 bridgehead atoms. The molecule has 19 heavy (non-hydrogen) atoms. The summed E-state index contributed by atoms with van der Waals surface area (Å²) >= 11 is 0. The molecule has 1 saturated heterocycles. The molecule has 106 valence electrons. The van der Waals surface area contributed by atoms with Crippen molar-refractivity contribution in [2.75, 3.05) is 26.2 Å². The maximum absolute atomic E-state index is 11.9. The number of hydrogen-bond donors (Lipinski definition) is 1. The minimum Gasteiger partial charge on any atom is -1.00 e. The molecule has 1 aromatic heterocycles. The Bertz CT molecular complexity index is 366. The van der Waals surface area contributed by atoms with Crippen molar-refractivity contribution >= 4 is 5.91 Å². The Balaban J connectivity index is 0.00000180. The van der Waals surface area contributed by atoms with Crippen LogP contribution in [0.15, 0.2) is 30.6 Å². The Hall–Kier alpha value is -0.940. The Kier molecular flexibility index (Phi) is 7.67. The number of piperazine rings is 1. The monoisotopic (exact) mass is 327 g/mol. The fourth-order valence-corrected chi connectivity index (χ4v) is 2.23. The SMILES string of the molecule is O=C(CCCC[n+]1ccccc1)N1CCNCC1.[Br-]. The summed E-state index contributed by atoms with van der Waals surface area (Å²) in [6.07, 6.45) is 6.86. The number of amides is 1. The highest BCUT2D eigenvalue weighted by atomic mass is 79.9. The summed E-state index contributed by atoms with van der Waals surface area (Å²) in [6.45, 7) is 4.60. The third-order valence-corrected chi connectivity index (χ3v) is 3.30. The van der Waals surface area contributed by atoms with Crippen LogP contribution >= 0.6 is 0 Å². The van der Waals surface area contributed by atoms with Gasteiger partial charge in [-0.05, 0) is 6.42 Å². The third-order valence-electron chi connectivity index (χ3n) is 3.30. The highest BCUT2D eigenvalue weighted by molar-refractivity contribution is 5.76. The quantitative estimate of drug-likeness (QED) is 0.483. The van der Waals surface area contributed by atoms with Gasteiger partial charge < -0.3 is 27.2 Å². The molecule has 1 amide bonds. The first-order valence-electron chi connectivity index (χ1n) is 6.79. The molecule has 4 nitrogen and oxygen atoms in total. The fourth-order valence-electron chi connectivity index (χ4n) is 2.23. The average molecular weight is 328 g/mol. The molecule has 1 aliphatic rings. The minimum atomic E-state index is 0. The molecule has 0 radical (unpaired) electrons. The summed E-state index contributed by atoms with van der Waals surface area (Å²) < 4.78 is 2.16. The molecule has 0 unspecified atom stereocenters. The molecule has 1 fully saturated rings. The molecule has 0 saturated carbocycles. The van der Waals surface area contributed by atoms with Gasteiger partial charge in [-0.15, -0.1) is 0 Å². The first kappa shape index (κ1) is 16.1. The number of aromatic nitrogens is 1. The number of pyridine rings is 1. The van der Waals surface area contributed by atoms with Gasteiger partial charge in [-0.1, -0.05) is 6.07 Å². The Morgan fingerprint density at radius 1 is 1.11 bits per heavy atom. The number of halogens is 1. The van der Waals surface area contributed by atoms with Gasteiger partial charge >= 0.3 is 0 Å². The number of nitrogens with one attached hydrogen (secondary N) is 1. The van der Waals surface area contributed by atoms with Crippen molar-refractivity contribution in [1.29, 1.82) is 0 Å². The zero-order chi connectivity index (χ0) is 12.6. The van der Waals surface area contributed by atoms with Crippen LogP contribution in [0.25, 0.3) is 0 Å². The predicted molar refractivity (Wildman–Crippen MR) is 69.9 cm³/mol. The normalized spacial score (nSPS) is 14.8. The molecule has 0 atom stereocenters. The Morgan fingerprint density at radius 3 is 2.47 bits per heavy atom. The van der Waals surface area contributed by atoms with Crippen molar-refractivity contribution in [3.63, 3.8) is 0 Å². The summed E-state index contributed by atoms with van der Waals surface area (Å²) in [5.41, 5.74) is 0. The lowest BCUT2D eigenvalue weighted by Gasteiger charge is -2.27. The molecule has 1 N–H and O–H groups in total. The van der Waals surface area contributed by atoms with Crippen LogP contribution in [-0.2, 0) is 11.3 Å². The molecule has 0 aromatic carbocycles. The van der Waals surface area contributed by atoms with Crippen LogP contribution in [0.4, 0.5) is 0 Å². The van der Waals surface area contributed by atoms with E-state index in [4.69, 9.17) is 0 Å². The number of hydrogen-bond acceptors (Lipinski definition) is 2. The lowest BCUT2D eigenvalue weighted by Crippen LogP contribution is -3.00. The summed E-state index contributed by atoms with van der Waals surface area (Å²) in [6, 6.07) is 6.09. The van der Waals surface area contributed by atoms with Crippen LogP contribution < -0.4 is 26.9 Å². The Morgan fingerprint density at radius 2 is 1.79 bits per heavy atom. The van der Waals surface area contributed by atoms with Crippen molar-refractivity contribution < 1.29 is 26.3 Å². The first-order chi connectivity index (χ1) is 8.86. The molecule has 0 aliphatic carbocycles. The van der Waals surface area contributed by atoms with Gasteiger partial charge in [-0.25, -0.2) is 4.57 Å². The second-order valence-electron chi connectivity index (χ2n) is 4.70. The summed E-state index contributed by atoms with van der Waals surface area (Å²) in [5.74, 6) is 0.314. The van der Waals surface area contributed by atoms with Crippen LogP contribution in [0.1, 0.15) is 19.3 Å². The minimum absolute atomic E-state index is 0. The van der Waals surface area contributed by atoms with Gasteiger partial charge in [0, 0.05) is 51.2 Å². The second-order valence-corrected chi connectivity index (χ2v) is 4.70. The van der Waals surface area contributed by atoms with E-state index in [2.05, 4.69) is 22.3 Å². The standard InChI is InChI=1S/C14H22N3O.BrH/c18-14(17-12-7-15-8-13-17)6-2-5-11-16-9-3-1-4-10-16;/h1,3-4,9-10,15H,2,5-8,11-13H2;1H/q+1;/p-1. The topological polar surface area (TPSA) is 36.2 Å². The fraction of sp³-hybridized carbons (Fsp3) is 0.571. The Labute approximate surface area is 125 Å². The number of nitrogens with zero attached hydrogens (tertiary/aromatic N) is 2. The summed E-state index contributed by atoms with van der Waals surface area (Å²) in [4.78, 5) is 13.9. The van der Waals surface area contributed by atoms with E-state index in [0.29, 0.717) is 12.3 Å². The molecular formula is C14H22BrN3O. The molecule has 0 spiro atoms. The maximum atomic E-state index is 11.9. The van der Waals surface area contributed by atoms with Crippen LogP contribution in [0.3, 0.4) is 0 Å². The number of rotatable bonds is 5. The molecule has 2 heterocycles. The van der Waals surface area contributed by atoms with E-state index in [-0.39, 0.29) is 17.0 Å². The lowest BCUT2D eigenvalue weighted by atomic mass is 10.2. The van der Waals surface area contributed by atoms with Crippen molar-refractivity contribution in [2.45, 2.75) is 25.8 Å². The lowest BCUT2D eigenvalue weighted by molar-refractivity contribution is -0.697.